The number of nitrogens with two attached hydrogens (primary N) is 1. The number of likely N-dealkylation sites (tertiary alicyclic amines) is 1. The van der Waals surface area contributed by atoms with E-state index in [-0.39, 0.29) is 6.04 Å². The minimum atomic E-state index is 0.214. The second-order valence-electron chi connectivity index (χ2n) is 6.13. The molecule has 2 aliphatic rings. The third-order valence-corrected chi connectivity index (χ3v) is 4.59. The number of aliphatic imine (C=N–C) groups is 1. The zero-order valence-corrected chi connectivity index (χ0v) is 12.6. The van der Waals surface area contributed by atoms with Crippen LogP contribution in [0.3, 0.4) is 0 Å². The molecule has 1 aromatic heterocycles. The van der Waals surface area contributed by atoms with Crippen molar-refractivity contribution < 1.29 is 4.42 Å². The summed E-state index contributed by atoms with van der Waals surface area (Å²) in [7, 11) is 0. The lowest BCUT2D eigenvalue weighted by Crippen LogP contribution is -2.39. The third-order valence-electron chi connectivity index (χ3n) is 4.59. The van der Waals surface area contributed by atoms with Crippen LogP contribution < -0.4 is 11.1 Å². The monoisotopic (exact) mass is 290 g/mol. The van der Waals surface area contributed by atoms with Gasteiger partial charge in [0.15, 0.2) is 5.96 Å². The maximum atomic E-state index is 6.04. The second kappa shape index (κ2) is 6.98. The molecule has 5 heteroatoms. The van der Waals surface area contributed by atoms with Crippen LogP contribution in [0.15, 0.2) is 27.8 Å². The Morgan fingerprint density at radius 1 is 1.33 bits per heavy atom. The minimum absolute atomic E-state index is 0.214. The smallest absolute Gasteiger partial charge is 0.188 e. The molecule has 3 N–H and O–H groups in total. The van der Waals surface area contributed by atoms with Gasteiger partial charge in [-0.25, -0.2) is 0 Å². The van der Waals surface area contributed by atoms with Gasteiger partial charge in [0.2, 0.25) is 0 Å². The van der Waals surface area contributed by atoms with Crippen LogP contribution in [-0.2, 0) is 0 Å². The Labute approximate surface area is 126 Å². The number of hydrogen-bond donors (Lipinski definition) is 2. The maximum absolute atomic E-state index is 6.04. The molecule has 1 aliphatic heterocycles. The molecule has 0 amide bonds. The van der Waals surface area contributed by atoms with Crippen molar-refractivity contribution >= 4 is 5.96 Å². The molecule has 2 fully saturated rings. The van der Waals surface area contributed by atoms with Crippen molar-refractivity contribution in [3.63, 3.8) is 0 Å². The Balaban J connectivity index is 1.60. The van der Waals surface area contributed by atoms with Crippen molar-refractivity contribution in [2.45, 2.75) is 50.6 Å². The topological polar surface area (TPSA) is 66.8 Å². The summed E-state index contributed by atoms with van der Waals surface area (Å²) in [6, 6.07) is 4.72. The first-order valence-electron chi connectivity index (χ1n) is 8.17. The van der Waals surface area contributed by atoms with Gasteiger partial charge in [0, 0.05) is 6.04 Å². The summed E-state index contributed by atoms with van der Waals surface area (Å²) in [5.41, 5.74) is 6.04. The predicted octanol–water partition coefficient (Wildman–Crippen LogP) is 2.26. The maximum Gasteiger partial charge on any atom is 0.188 e. The van der Waals surface area contributed by atoms with Crippen molar-refractivity contribution in [2.75, 3.05) is 19.6 Å². The number of furan rings is 1. The van der Waals surface area contributed by atoms with E-state index < -0.39 is 0 Å². The molecule has 0 aromatic carbocycles. The molecule has 0 radical (unpaired) electrons. The molecule has 0 bridgehead atoms. The molecular weight excluding hydrogens is 264 g/mol. The van der Waals surface area contributed by atoms with Gasteiger partial charge < -0.3 is 15.5 Å². The zero-order valence-electron chi connectivity index (χ0n) is 12.6. The normalized spacial score (nSPS) is 22.8. The fourth-order valence-electron chi connectivity index (χ4n) is 3.43. The Morgan fingerprint density at radius 2 is 2.10 bits per heavy atom. The van der Waals surface area contributed by atoms with Gasteiger partial charge in [-0.05, 0) is 50.9 Å². The van der Waals surface area contributed by atoms with E-state index in [2.05, 4.69) is 15.2 Å². The van der Waals surface area contributed by atoms with Crippen LogP contribution in [0.25, 0.3) is 0 Å². The molecular formula is C16H26N4O. The highest BCUT2D eigenvalue weighted by atomic mass is 16.3. The summed E-state index contributed by atoms with van der Waals surface area (Å²) in [6.45, 7) is 2.91. The largest absolute Gasteiger partial charge is 0.468 e. The van der Waals surface area contributed by atoms with Crippen LogP contribution in [0.4, 0.5) is 0 Å². The van der Waals surface area contributed by atoms with Gasteiger partial charge in [-0.1, -0.05) is 12.8 Å². The van der Waals surface area contributed by atoms with Crippen molar-refractivity contribution in [3.05, 3.63) is 24.2 Å². The van der Waals surface area contributed by atoms with Gasteiger partial charge in [0.05, 0.1) is 18.8 Å². The van der Waals surface area contributed by atoms with E-state index in [1.807, 2.05) is 12.1 Å². The van der Waals surface area contributed by atoms with Gasteiger partial charge in [0.1, 0.15) is 5.76 Å². The van der Waals surface area contributed by atoms with Crippen LogP contribution in [0.2, 0.25) is 0 Å². The first-order valence-corrected chi connectivity index (χ1v) is 8.17. The number of nitrogens with zero attached hydrogens (tertiary/aromatic N) is 2. The SMILES string of the molecule is NC(=NCC(c1ccco1)N1CCCC1)NC1CCCC1. The highest BCUT2D eigenvalue weighted by Gasteiger charge is 2.25. The summed E-state index contributed by atoms with van der Waals surface area (Å²) in [6.07, 6.45) is 9.28. The van der Waals surface area contributed by atoms with Crippen LogP contribution in [0, 0.1) is 0 Å². The van der Waals surface area contributed by atoms with E-state index in [9.17, 15) is 0 Å². The standard InChI is InChI=1S/C16H26N4O/c17-16(19-13-6-1-2-7-13)18-12-14(15-8-5-11-21-15)20-9-3-4-10-20/h5,8,11,13-14H,1-4,6-7,9-10,12H2,(H3,17,18,19). The van der Waals surface area contributed by atoms with Crippen LogP contribution in [0.1, 0.15) is 50.3 Å². The fourth-order valence-corrected chi connectivity index (χ4v) is 3.43. The highest BCUT2D eigenvalue weighted by molar-refractivity contribution is 5.78. The minimum Gasteiger partial charge on any atom is -0.468 e. The fraction of sp³-hybridized carbons (Fsp3) is 0.688. The van der Waals surface area contributed by atoms with Crippen molar-refractivity contribution in [1.82, 2.24) is 10.2 Å². The lowest BCUT2D eigenvalue weighted by molar-refractivity contribution is 0.221. The van der Waals surface area contributed by atoms with Crippen molar-refractivity contribution in [1.29, 1.82) is 0 Å². The van der Waals surface area contributed by atoms with Gasteiger partial charge in [-0.2, -0.15) is 0 Å². The average molecular weight is 290 g/mol. The summed E-state index contributed by atoms with van der Waals surface area (Å²) in [4.78, 5) is 7.02. The molecule has 0 spiro atoms. The Morgan fingerprint density at radius 3 is 2.76 bits per heavy atom. The molecule has 2 heterocycles. The molecule has 1 saturated heterocycles. The van der Waals surface area contributed by atoms with E-state index in [0.717, 1.165) is 18.8 Å². The van der Waals surface area contributed by atoms with E-state index in [4.69, 9.17) is 10.2 Å². The van der Waals surface area contributed by atoms with E-state index in [1.165, 1.54) is 38.5 Å². The number of guanidine groups is 1. The molecule has 1 aromatic rings. The van der Waals surface area contributed by atoms with Crippen LogP contribution >= 0.6 is 0 Å². The van der Waals surface area contributed by atoms with Crippen LogP contribution in [-0.4, -0.2) is 36.5 Å². The van der Waals surface area contributed by atoms with Gasteiger partial charge in [-0.3, -0.25) is 9.89 Å². The molecule has 21 heavy (non-hydrogen) atoms. The second-order valence-corrected chi connectivity index (χ2v) is 6.13. The van der Waals surface area contributed by atoms with E-state index in [1.54, 1.807) is 6.26 Å². The molecule has 5 nitrogen and oxygen atoms in total. The molecule has 1 saturated carbocycles. The van der Waals surface area contributed by atoms with Gasteiger partial charge >= 0.3 is 0 Å². The number of hydrogen-bond acceptors (Lipinski definition) is 3. The molecule has 1 aliphatic carbocycles. The first kappa shape index (κ1) is 14.4. The van der Waals surface area contributed by atoms with Crippen LogP contribution in [0.5, 0.6) is 0 Å². The van der Waals surface area contributed by atoms with Crippen molar-refractivity contribution in [2.24, 2.45) is 10.7 Å². The van der Waals surface area contributed by atoms with Gasteiger partial charge in [0.25, 0.3) is 0 Å². The summed E-state index contributed by atoms with van der Waals surface area (Å²) >= 11 is 0. The number of rotatable bonds is 5. The number of nitrogens with one attached hydrogen (secondary N) is 1. The average Bonchev–Trinajstić information content (AvgIpc) is 3.23. The summed E-state index contributed by atoms with van der Waals surface area (Å²) < 4.78 is 5.60. The Bertz CT molecular complexity index is 445. The van der Waals surface area contributed by atoms with E-state index >= 15 is 0 Å². The molecule has 1 atom stereocenters. The van der Waals surface area contributed by atoms with E-state index in [0.29, 0.717) is 18.5 Å². The van der Waals surface area contributed by atoms with Gasteiger partial charge in [-0.15, -0.1) is 0 Å². The quantitative estimate of drug-likeness (QED) is 0.645. The Kier molecular flexibility index (Phi) is 4.80. The lowest BCUT2D eigenvalue weighted by atomic mass is 10.2. The molecule has 1 unspecified atom stereocenters. The summed E-state index contributed by atoms with van der Waals surface area (Å²) in [5.74, 6) is 1.58. The first-order chi connectivity index (χ1) is 10.3. The molecule has 3 rings (SSSR count). The highest BCUT2D eigenvalue weighted by Crippen LogP contribution is 2.25. The Hall–Kier alpha value is -1.49. The zero-order chi connectivity index (χ0) is 14.5. The van der Waals surface area contributed by atoms with Crippen molar-refractivity contribution in [3.8, 4) is 0 Å². The lowest BCUT2D eigenvalue weighted by Gasteiger charge is -2.24. The molecule has 116 valence electrons. The predicted molar refractivity (Wildman–Crippen MR) is 84.1 cm³/mol. The summed E-state index contributed by atoms with van der Waals surface area (Å²) in [5, 5.41) is 3.35. The third kappa shape index (κ3) is 3.79.